The third kappa shape index (κ3) is 4.45. The Balaban J connectivity index is 1.41. The van der Waals surface area contributed by atoms with Crippen LogP contribution in [0.5, 0.6) is 0 Å². The number of nitrogens with zero attached hydrogens (tertiary/aromatic N) is 2. The summed E-state index contributed by atoms with van der Waals surface area (Å²) >= 11 is 0. The number of urea groups is 1. The van der Waals surface area contributed by atoms with Crippen LogP contribution in [-0.2, 0) is 6.42 Å². The molecule has 1 atom stereocenters. The fraction of sp³-hybridized carbons (Fsp3) is 0.333. The number of amides is 2. The van der Waals surface area contributed by atoms with Gasteiger partial charge in [-0.2, -0.15) is 0 Å². The highest BCUT2D eigenvalue weighted by atomic mass is 16.2. The summed E-state index contributed by atoms with van der Waals surface area (Å²) in [4.78, 5) is 18.2. The van der Waals surface area contributed by atoms with Gasteiger partial charge in [0.1, 0.15) is 0 Å². The summed E-state index contributed by atoms with van der Waals surface area (Å²) in [6.45, 7) is 2.18. The first-order valence-electron chi connectivity index (χ1n) is 8.04. The zero-order valence-electron chi connectivity index (χ0n) is 13.1. The van der Waals surface area contributed by atoms with E-state index in [2.05, 4.69) is 27.8 Å². The Morgan fingerprint density at radius 2 is 2.09 bits per heavy atom. The van der Waals surface area contributed by atoms with Gasteiger partial charge in [0.2, 0.25) is 0 Å². The lowest BCUT2D eigenvalue weighted by molar-refractivity contribution is 0.208. The third-order valence-corrected chi connectivity index (χ3v) is 4.04. The Morgan fingerprint density at radius 3 is 2.87 bits per heavy atom. The van der Waals surface area contributed by atoms with Gasteiger partial charge in [0.15, 0.2) is 0 Å². The molecule has 23 heavy (non-hydrogen) atoms. The van der Waals surface area contributed by atoms with Crippen LogP contribution >= 0.6 is 0 Å². The molecule has 0 bridgehead atoms. The van der Waals surface area contributed by atoms with Gasteiger partial charge >= 0.3 is 6.03 Å². The quantitative estimate of drug-likeness (QED) is 0.892. The Labute approximate surface area is 136 Å². The van der Waals surface area contributed by atoms with Crippen LogP contribution in [0.1, 0.15) is 12.0 Å². The smallest absolute Gasteiger partial charge is 0.317 e. The highest BCUT2D eigenvalue weighted by Crippen LogP contribution is 2.15. The number of carbonyl (C=O) groups excluding carboxylic acids is 1. The minimum Gasteiger partial charge on any atom is -0.379 e. The van der Waals surface area contributed by atoms with Gasteiger partial charge in [-0.25, -0.2) is 4.79 Å². The van der Waals surface area contributed by atoms with E-state index in [9.17, 15) is 4.79 Å². The Morgan fingerprint density at radius 1 is 1.22 bits per heavy atom. The minimum atomic E-state index is 0.0245. The number of hydrogen-bond donors (Lipinski definition) is 2. The molecule has 1 saturated heterocycles. The maximum atomic E-state index is 12.2. The minimum absolute atomic E-state index is 0.0245. The lowest BCUT2D eigenvalue weighted by Crippen LogP contribution is -2.40. The second-order valence-corrected chi connectivity index (χ2v) is 5.79. The highest BCUT2D eigenvalue weighted by molar-refractivity contribution is 5.74. The van der Waals surface area contributed by atoms with Crippen molar-refractivity contribution in [2.45, 2.75) is 18.9 Å². The van der Waals surface area contributed by atoms with E-state index in [0.717, 1.165) is 31.6 Å². The van der Waals surface area contributed by atoms with Crippen LogP contribution in [0.15, 0.2) is 54.9 Å². The average Bonchev–Trinajstić information content (AvgIpc) is 3.05. The van der Waals surface area contributed by atoms with Crippen LogP contribution in [-0.4, -0.2) is 41.6 Å². The van der Waals surface area contributed by atoms with E-state index in [1.807, 2.05) is 41.4 Å². The summed E-state index contributed by atoms with van der Waals surface area (Å²) in [5.41, 5.74) is 2.24. The van der Waals surface area contributed by atoms with Crippen molar-refractivity contribution in [2.75, 3.05) is 25.0 Å². The number of anilines is 1. The molecule has 2 N–H and O–H groups in total. The monoisotopic (exact) mass is 310 g/mol. The lowest BCUT2D eigenvalue weighted by Gasteiger charge is -2.18. The van der Waals surface area contributed by atoms with Crippen LogP contribution in [0.3, 0.4) is 0 Å². The number of benzene rings is 1. The number of aromatic nitrogens is 1. The SMILES string of the molecule is O=C(NCCc1ccccc1)N1CC[C@H](Nc2cccnc2)C1. The second kappa shape index (κ2) is 7.63. The number of hydrogen-bond acceptors (Lipinski definition) is 3. The van der Waals surface area contributed by atoms with Crippen molar-refractivity contribution in [3.05, 3.63) is 60.4 Å². The van der Waals surface area contributed by atoms with Crippen molar-refractivity contribution in [3.8, 4) is 0 Å². The average molecular weight is 310 g/mol. The van der Waals surface area contributed by atoms with Gasteiger partial charge in [-0.3, -0.25) is 4.98 Å². The van der Waals surface area contributed by atoms with E-state index in [1.165, 1.54) is 5.56 Å². The largest absolute Gasteiger partial charge is 0.379 e. The molecule has 5 nitrogen and oxygen atoms in total. The van der Waals surface area contributed by atoms with Crippen molar-refractivity contribution in [1.82, 2.24) is 15.2 Å². The summed E-state index contributed by atoms with van der Waals surface area (Å²) in [6.07, 6.45) is 5.38. The van der Waals surface area contributed by atoms with Crippen LogP contribution in [0.25, 0.3) is 0 Å². The molecule has 1 aromatic heterocycles. The number of likely N-dealkylation sites (tertiary alicyclic amines) is 1. The maximum absolute atomic E-state index is 12.2. The van der Waals surface area contributed by atoms with Gasteiger partial charge in [-0.05, 0) is 30.5 Å². The van der Waals surface area contributed by atoms with Crippen molar-refractivity contribution in [2.24, 2.45) is 0 Å². The fourth-order valence-corrected chi connectivity index (χ4v) is 2.82. The van der Waals surface area contributed by atoms with Gasteiger partial charge in [-0.15, -0.1) is 0 Å². The summed E-state index contributed by atoms with van der Waals surface area (Å²) in [5, 5.41) is 6.43. The number of nitrogens with one attached hydrogen (secondary N) is 2. The van der Waals surface area contributed by atoms with E-state index in [-0.39, 0.29) is 6.03 Å². The van der Waals surface area contributed by atoms with E-state index in [0.29, 0.717) is 12.6 Å². The Hall–Kier alpha value is -2.56. The first-order chi connectivity index (χ1) is 11.3. The molecule has 0 radical (unpaired) electrons. The lowest BCUT2D eigenvalue weighted by atomic mass is 10.1. The molecular formula is C18H22N4O. The standard InChI is InChI=1S/C18H22N4O/c23-18(20-11-8-15-5-2-1-3-6-15)22-12-9-17(14-22)21-16-7-4-10-19-13-16/h1-7,10,13,17,21H,8-9,11-12,14H2,(H,20,23)/t17-/m0/s1. The molecule has 1 aliphatic rings. The molecule has 0 saturated carbocycles. The second-order valence-electron chi connectivity index (χ2n) is 5.79. The van der Waals surface area contributed by atoms with E-state index in [1.54, 1.807) is 6.20 Å². The fourth-order valence-electron chi connectivity index (χ4n) is 2.82. The summed E-state index contributed by atoms with van der Waals surface area (Å²) in [5.74, 6) is 0. The van der Waals surface area contributed by atoms with Crippen LogP contribution in [0.4, 0.5) is 10.5 Å². The van der Waals surface area contributed by atoms with E-state index >= 15 is 0 Å². The number of carbonyl (C=O) groups is 1. The Bertz CT molecular complexity index is 617. The Kier molecular flexibility index (Phi) is 5.09. The van der Waals surface area contributed by atoms with Gasteiger partial charge < -0.3 is 15.5 Å². The van der Waals surface area contributed by atoms with Crippen molar-refractivity contribution < 1.29 is 4.79 Å². The number of rotatable bonds is 5. The molecule has 120 valence electrons. The zero-order valence-corrected chi connectivity index (χ0v) is 13.1. The molecule has 2 amide bonds. The molecule has 1 fully saturated rings. The molecule has 1 aliphatic heterocycles. The van der Waals surface area contributed by atoms with Gasteiger partial charge in [0.05, 0.1) is 5.69 Å². The predicted octanol–water partition coefficient (Wildman–Crippen LogP) is 2.52. The van der Waals surface area contributed by atoms with Gasteiger partial charge in [0, 0.05) is 38.1 Å². The molecule has 0 aliphatic carbocycles. The topological polar surface area (TPSA) is 57.3 Å². The van der Waals surface area contributed by atoms with Gasteiger partial charge in [0.25, 0.3) is 0 Å². The highest BCUT2D eigenvalue weighted by Gasteiger charge is 2.25. The molecule has 5 heteroatoms. The third-order valence-electron chi connectivity index (χ3n) is 4.04. The van der Waals surface area contributed by atoms with Crippen molar-refractivity contribution >= 4 is 11.7 Å². The summed E-state index contributed by atoms with van der Waals surface area (Å²) < 4.78 is 0. The van der Waals surface area contributed by atoms with E-state index < -0.39 is 0 Å². The first-order valence-corrected chi connectivity index (χ1v) is 8.04. The maximum Gasteiger partial charge on any atom is 0.317 e. The van der Waals surface area contributed by atoms with Crippen molar-refractivity contribution in [1.29, 1.82) is 0 Å². The molecule has 0 spiro atoms. The summed E-state index contributed by atoms with van der Waals surface area (Å²) in [6, 6.07) is 14.4. The van der Waals surface area contributed by atoms with Crippen LogP contribution < -0.4 is 10.6 Å². The van der Waals surface area contributed by atoms with Crippen LogP contribution in [0, 0.1) is 0 Å². The van der Waals surface area contributed by atoms with E-state index in [4.69, 9.17) is 0 Å². The molecule has 3 rings (SSSR count). The first kappa shape index (κ1) is 15.3. The zero-order chi connectivity index (χ0) is 15.9. The van der Waals surface area contributed by atoms with Crippen LogP contribution in [0.2, 0.25) is 0 Å². The van der Waals surface area contributed by atoms with Gasteiger partial charge in [-0.1, -0.05) is 30.3 Å². The number of pyridine rings is 1. The molecule has 2 heterocycles. The molecule has 2 aromatic rings. The molecule has 1 aromatic carbocycles. The molecule has 0 unspecified atom stereocenters. The normalized spacial score (nSPS) is 17.0. The van der Waals surface area contributed by atoms with Crippen molar-refractivity contribution in [3.63, 3.8) is 0 Å². The summed E-state index contributed by atoms with van der Waals surface area (Å²) in [7, 11) is 0. The molecular weight excluding hydrogens is 288 g/mol. The predicted molar refractivity (Wildman–Crippen MR) is 91.4 cm³/mol.